The topological polar surface area (TPSA) is 52.6 Å². The summed E-state index contributed by atoms with van der Waals surface area (Å²) in [5.74, 6) is 0.739. The average Bonchev–Trinajstić information content (AvgIpc) is 2.68. The van der Waals surface area contributed by atoms with Crippen LogP contribution < -0.4 is 10.1 Å². The van der Waals surface area contributed by atoms with Crippen LogP contribution in [0.25, 0.3) is 6.08 Å². The molecule has 0 bridgehead atoms. The van der Waals surface area contributed by atoms with E-state index in [1.807, 2.05) is 25.3 Å². The third-order valence-electron chi connectivity index (χ3n) is 4.27. The van der Waals surface area contributed by atoms with E-state index in [1.54, 1.807) is 13.3 Å². The maximum Gasteiger partial charge on any atom is 0.491 e. The van der Waals surface area contributed by atoms with Gasteiger partial charge in [0.25, 0.3) is 0 Å². The van der Waals surface area contributed by atoms with E-state index in [-0.39, 0.29) is 18.3 Å². The van der Waals surface area contributed by atoms with Crippen molar-refractivity contribution in [1.82, 2.24) is 10.3 Å². The van der Waals surface area contributed by atoms with Crippen LogP contribution in [0.15, 0.2) is 23.8 Å². The Balaban J connectivity index is 2.24. The van der Waals surface area contributed by atoms with Crippen LogP contribution in [0, 0.1) is 0 Å². The maximum atomic E-state index is 6.11. The fourth-order valence-electron chi connectivity index (χ4n) is 2.19. The van der Waals surface area contributed by atoms with Crippen molar-refractivity contribution >= 4 is 13.2 Å². The van der Waals surface area contributed by atoms with E-state index in [0.29, 0.717) is 6.54 Å². The lowest BCUT2D eigenvalue weighted by Crippen LogP contribution is -2.41. The molecule has 5 nitrogen and oxygen atoms in total. The number of nitrogens with zero attached hydrogens (tertiary/aromatic N) is 1. The zero-order valence-corrected chi connectivity index (χ0v) is 14.3. The molecule has 1 aliphatic rings. The fourth-order valence-corrected chi connectivity index (χ4v) is 2.19. The Hall–Kier alpha value is -1.37. The first-order valence-corrected chi connectivity index (χ1v) is 7.50. The average molecular weight is 304 g/mol. The van der Waals surface area contributed by atoms with Gasteiger partial charge in [-0.15, -0.1) is 0 Å². The van der Waals surface area contributed by atoms with Gasteiger partial charge in [-0.3, -0.25) is 4.98 Å². The number of hydrogen-bond acceptors (Lipinski definition) is 5. The van der Waals surface area contributed by atoms with E-state index in [9.17, 15) is 0 Å². The Morgan fingerprint density at radius 3 is 2.36 bits per heavy atom. The van der Waals surface area contributed by atoms with Crippen LogP contribution in [0.5, 0.6) is 5.75 Å². The van der Waals surface area contributed by atoms with Crippen LogP contribution in [0.2, 0.25) is 0 Å². The van der Waals surface area contributed by atoms with Gasteiger partial charge < -0.3 is 19.4 Å². The van der Waals surface area contributed by atoms with Crippen LogP contribution in [0.3, 0.4) is 0 Å². The number of methoxy groups -OCH3 is 1. The molecule has 0 aliphatic carbocycles. The molecule has 1 aliphatic heterocycles. The molecule has 6 heteroatoms. The van der Waals surface area contributed by atoms with E-state index >= 15 is 0 Å². The summed E-state index contributed by atoms with van der Waals surface area (Å²) in [7, 11) is 3.16. The molecular weight excluding hydrogens is 279 g/mol. The van der Waals surface area contributed by atoms with Crippen molar-refractivity contribution in [3.63, 3.8) is 0 Å². The minimum absolute atomic E-state index is 0.349. The maximum absolute atomic E-state index is 6.11. The Bertz CT molecular complexity index is 525. The van der Waals surface area contributed by atoms with E-state index in [0.717, 1.165) is 16.9 Å². The zero-order chi connectivity index (χ0) is 16.4. The highest BCUT2D eigenvalue weighted by molar-refractivity contribution is 6.55. The van der Waals surface area contributed by atoms with E-state index < -0.39 is 0 Å². The van der Waals surface area contributed by atoms with Crippen molar-refractivity contribution in [3.8, 4) is 5.75 Å². The Morgan fingerprint density at radius 2 is 1.91 bits per heavy atom. The van der Waals surface area contributed by atoms with Gasteiger partial charge in [-0.1, -0.05) is 0 Å². The van der Waals surface area contributed by atoms with Crippen molar-refractivity contribution < 1.29 is 14.0 Å². The van der Waals surface area contributed by atoms with Gasteiger partial charge in [0.15, 0.2) is 0 Å². The van der Waals surface area contributed by atoms with Crippen molar-refractivity contribution in [1.29, 1.82) is 0 Å². The van der Waals surface area contributed by atoms with Gasteiger partial charge in [0.1, 0.15) is 5.75 Å². The molecule has 120 valence electrons. The first-order chi connectivity index (χ1) is 10.3. The van der Waals surface area contributed by atoms with Crippen molar-refractivity contribution in [2.24, 2.45) is 0 Å². The van der Waals surface area contributed by atoms with Gasteiger partial charge in [0, 0.05) is 6.54 Å². The SMILES string of the molecule is CNCC(=Cc1ccc(OC)cn1)B1OC(C)(C)C(C)(C)O1. The smallest absolute Gasteiger partial charge is 0.491 e. The van der Waals surface area contributed by atoms with Gasteiger partial charge in [-0.2, -0.15) is 0 Å². The quantitative estimate of drug-likeness (QED) is 0.846. The van der Waals surface area contributed by atoms with Gasteiger partial charge >= 0.3 is 7.12 Å². The lowest BCUT2D eigenvalue weighted by Gasteiger charge is -2.32. The van der Waals surface area contributed by atoms with E-state index in [4.69, 9.17) is 14.0 Å². The summed E-state index contributed by atoms with van der Waals surface area (Å²) in [6.07, 6.45) is 3.70. The molecule has 22 heavy (non-hydrogen) atoms. The molecule has 1 N–H and O–H groups in total. The van der Waals surface area contributed by atoms with Crippen molar-refractivity contribution in [3.05, 3.63) is 29.5 Å². The predicted octanol–water partition coefficient (Wildman–Crippen LogP) is 2.32. The molecule has 2 rings (SSSR count). The molecule has 1 saturated heterocycles. The normalized spacial score (nSPS) is 20.3. The monoisotopic (exact) mass is 304 g/mol. The molecule has 0 radical (unpaired) electrons. The number of pyridine rings is 1. The molecule has 2 heterocycles. The second-order valence-corrected chi connectivity index (χ2v) is 6.46. The van der Waals surface area contributed by atoms with Gasteiger partial charge in [-0.05, 0) is 58.4 Å². The van der Waals surface area contributed by atoms with Crippen LogP contribution in [0.4, 0.5) is 0 Å². The minimum Gasteiger partial charge on any atom is -0.495 e. The summed E-state index contributed by atoms with van der Waals surface area (Å²) in [5, 5.41) is 3.16. The van der Waals surface area contributed by atoms with Gasteiger partial charge in [-0.25, -0.2) is 0 Å². The number of hydrogen-bond donors (Lipinski definition) is 1. The zero-order valence-electron chi connectivity index (χ0n) is 14.3. The van der Waals surface area contributed by atoms with Crippen molar-refractivity contribution in [2.45, 2.75) is 38.9 Å². The minimum atomic E-state index is -0.374. The predicted molar refractivity (Wildman–Crippen MR) is 88.8 cm³/mol. The van der Waals surface area contributed by atoms with Gasteiger partial charge in [0.05, 0.1) is 30.2 Å². The van der Waals surface area contributed by atoms with E-state index in [1.165, 1.54) is 0 Å². The first kappa shape index (κ1) is 17.0. The largest absolute Gasteiger partial charge is 0.495 e. The Labute approximate surface area is 133 Å². The fraction of sp³-hybridized carbons (Fsp3) is 0.562. The van der Waals surface area contributed by atoms with Crippen LogP contribution in [0.1, 0.15) is 33.4 Å². The molecule has 1 fully saturated rings. The number of nitrogens with one attached hydrogen (secondary N) is 1. The first-order valence-electron chi connectivity index (χ1n) is 7.50. The highest BCUT2D eigenvalue weighted by Gasteiger charge is 2.52. The number of aromatic nitrogens is 1. The third-order valence-corrected chi connectivity index (χ3v) is 4.27. The second kappa shape index (κ2) is 6.40. The van der Waals surface area contributed by atoms with Gasteiger partial charge in [0.2, 0.25) is 0 Å². The molecule has 0 atom stereocenters. The number of ether oxygens (including phenoxy) is 1. The molecule has 0 amide bonds. The summed E-state index contributed by atoms with van der Waals surface area (Å²) < 4.78 is 17.4. The molecule has 0 saturated carbocycles. The molecule has 0 aromatic carbocycles. The standard InChI is InChI=1S/C16H25BN2O3/c1-15(2)16(3,4)22-17(21-15)12(10-18-5)9-13-7-8-14(20-6)11-19-13/h7-9,11,18H,10H2,1-6H3. The molecule has 0 spiro atoms. The van der Waals surface area contributed by atoms with Crippen LogP contribution in [-0.4, -0.2) is 44.0 Å². The van der Waals surface area contributed by atoms with Crippen molar-refractivity contribution in [2.75, 3.05) is 20.7 Å². The summed E-state index contributed by atoms with van der Waals surface area (Å²) in [6.45, 7) is 8.88. The third kappa shape index (κ3) is 3.51. The lowest BCUT2D eigenvalue weighted by atomic mass is 9.77. The van der Waals surface area contributed by atoms with E-state index in [2.05, 4.69) is 38.0 Å². The second-order valence-electron chi connectivity index (χ2n) is 6.46. The van der Waals surface area contributed by atoms with Crippen LogP contribution >= 0.6 is 0 Å². The lowest BCUT2D eigenvalue weighted by molar-refractivity contribution is 0.00578. The Kier molecular flexibility index (Phi) is 4.95. The molecule has 0 unspecified atom stereocenters. The summed E-state index contributed by atoms with van der Waals surface area (Å²) >= 11 is 0. The summed E-state index contributed by atoms with van der Waals surface area (Å²) in [4.78, 5) is 4.38. The highest BCUT2D eigenvalue weighted by atomic mass is 16.7. The Morgan fingerprint density at radius 1 is 1.27 bits per heavy atom. The molecular formula is C16H25BN2O3. The number of likely N-dealkylation sites (N-methyl/N-ethyl adjacent to an activating group) is 1. The molecule has 1 aromatic rings. The summed E-state index contributed by atoms with van der Waals surface area (Å²) in [6, 6.07) is 3.81. The molecule has 1 aromatic heterocycles. The van der Waals surface area contributed by atoms with Crippen LogP contribution in [-0.2, 0) is 9.31 Å². The number of rotatable bonds is 5. The highest BCUT2D eigenvalue weighted by Crippen LogP contribution is 2.38. The summed E-state index contributed by atoms with van der Waals surface area (Å²) in [5.41, 5.74) is 1.16.